The van der Waals surface area contributed by atoms with Gasteiger partial charge in [0, 0.05) is 33.2 Å². The number of morpholine rings is 1. The number of nitrogens with zero attached hydrogens (tertiary/aromatic N) is 6. The molecular formula is C17H28N6O2S. The number of thioether (sulfide) groups is 1. The van der Waals surface area contributed by atoms with Gasteiger partial charge >= 0.3 is 0 Å². The lowest BCUT2D eigenvalue weighted by atomic mass is 10.2. The Morgan fingerprint density at radius 1 is 1.35 bits per heavy atom. The van der Waals surface area contributed by atoms with Crippen LogP contribution in [0.5, 0.6) is 0 Å². The third-order valence-electron chi connectivity index (χ3n) is 4.10. The minimum Gasteiger partial charge on any atom is -0.378 e. The summed E-state index contributed by atoms with van der Waals surface area (Å²) in [5.41, 5.74) is 0. The SMILES string of the molecule is CC(C)Cn1c(S[C@H](C)C(=O)N(C)CCC#N)nnc1N1CCOCC1. The number of hydrogen-bond acceptors (Lipinski definition) is 7. The summed E-state index contributed by atoms with van der Waals surface area (Å²) in [5, 5.41) is 17.9. The fourth-order valence-corrected chi connectivity index (χ4v) is 3.71. The molecular weight excluding hydrogens is 352 g/mol. The number of carbonyl (C=O) groups is 1. The quantitative estimate of drug-likeness (QED) is 0.633. The summed E-state index contributed by atoms with van der Waals surface area (Å²) in [4.78, 5) is 16.3. The van der Waals surface area contributed by atoms with E-state index in [4.69, 9.17) is 10.00 Å². The summed E-state index contributed by atoms with van der Waals surface area (Å²) in [6, 6.07) is 2.07. The highest BCUT2D eigenvalue weighted by Gasteiger charge is 2.25. The van der Waals surface area contributed by atoms with E-state index in [1.54, 1.807) is 11.9 Å². The van der Waals surface area contributed by atoms with Crippen LogP contribution in [0.4, 0.5) is 5.95 Å². The predicted octanol–water partition coefficient (Wildman–Crippen LogP) is 1.62. The van der Waals surface area contributed by atoms with Crippen LogP contribution in [-0.4, -0.2) is 70.7 Å². The Labute approximate surface area is 159 Å². The number of nitriles is 1. The number of rotatable bonds is 8. The molecule has 1 amide bonds. The van der Waals surface area contributed by atoms with E-state index >= 15 is 0 Å². The van der Waals surface area contributed by atoms with Gasteiger partial charge < -0.3 is 14.5 Å². The number of ether oxygens (including phenoxy) is 1. The monoisotopic (exact) mass is 380 g/mol. The topological polar surface area (TPSA) is 87.3 Å². The molecule has 1 aromatic heterocycles. The summed E-state index contributed by atoms with van der Waals surface area (Å²) < 4.78 is 7.54. The minimum atomic E-state index is -0.286. The molecule has 0 aromatic carbocycles. The van der Waals surface area contributed by atoms with Gasteiger partial charge in [0.1, 0.15) is 0 Å². The Balaban J connectivity index is 2.13. The second kappa shape index (κ2) is 9.78. The molecule has 0 N–H and O–H groups in total. The maximum Gasteiger partial charge on any atom is 0.235 e. The number of carbonyl (C=O) groups excluding carboxylic acids is 1. The number of aromatic nitrogens is 3. The van der Waals surface area contributed by atoms with E-state index in [1.807, 2.05) is 6.92 Å². The van der Waals surface area contributed by atoms with Gasteiger partial charge in [0.05, 0.1) is 31.0 Å². The normalized spacial score (nSPS) is 15.8. The van der Waals surface area contributed by atoms with Gasteiger partial charge in [-0.05, 0) is 12.8 Å². The first-order valence-corrected chi connectivity index (χ1v) is 9.86. The standard InChI is InChI=1S/C17H28N6O2S/c1-13(2)12-23-16(22-8-10-25-11-9-22)19-20-17(23)26-14(3)15(24)21(4)7-5-6-18/h13-14H,5,7-12H2,1-4H3/t14-/m1/s1. The van der Waals surface area contributed by atoms with Crippen LogP contribution >= 0.6 is 11.8 Å². The van der Waals surface area contributed by atoms with Crippen molar-refractivity contribution in [2.75, 3.05) is 44.8 Å². The molecule has 1 aromatic rings. The molecule has 144 valence electrons. The molecule has 0 saturated carbocycles. The van der Waals surface area contributed by atoms with E-state index in [-0.39, 0.29) is 11.2 Å². The Morgan fingerprint density at radius 3 is 2.65 bits per heavy atom. The van der Waals surface area contributed by atoms with Gasteiger partial charge in [0.2, 0.25) is 11.9 Å². The molecule has 0 spiro atoms. The van der Waals surface area contributed by atoms with E-state index in [9.17, 15) is 4.79 Å². The highest BCUT2D eigenvalue weighted by molar-refractivity contribution is 8.00. The zero-order chi connectivity index (χ0) is 19.1. The summed E-state index contributed by atoms with van der Waals surface area (Å²) in [6.45, 7) is 10.4. The first-order valence-electron chi connectivity index (χ1n) is 8.98. The van der Waals surface area contributed by atoms with Crippen molar-refractivity contribution >= 4 is 23.6 Å². The van der Waals surface area contributed by atoms with Crippen LogP contribution in [0.3, 0.4) is 0 Å². The summed E-state index contributed by atoms with van der Waals surface area (Å²) >= 11 is 1.42. The van der Waals surface area contributed by atoms with Crippen molar-refractivity contribution in [1.29, 1.82) is 5.26 Å². The van der Waals surface area contributed by atoms with Crippen LogP contribution in [-0.2, 0) is 16.1 Å². The highest BCUT2D eigenvalue weighted by Crippen LogP contribution is 2.27. The second-order valence-electron chi connectivity index (χ2n) is 6.81. The van der Waals surface area contributed by atoms with Gasteiger partial charge in [-0.1, -0.05) is 25.6 Å². The van der Waals surface area contributed by atoms with E-state index in [2.05, 4.69) is 39.6 Å². The third-order valence-corrected chi connectivity index (χ3v) is 5.17. The molecule has 1 atom stereocenters. The van der Waals surface area contributed by atoms with Crippen LogP contribution in [0.1, 0.15) is 27.2 Å². The van der Waals surface area contributed by atoms with Crippen molar-refractivity contribution < 1.29 is 9.53 Å². The molecule has 8 nitrogen and oxygen atoms in total. The molecule has 1 aliphatic rings. The Kier molecular flexibility index (Phi) is 7.72. The smallest absolute Gasteiger partial charge is 0.235 e. The van der Waals surface area contributed by atoms with Crippen molar-refractivity contribution in [2.45, 2.75) is 44.1 Å². The van der Waals surface area contributed by atoms with Gasteiger partial charge in [0.25, 0.3) is 0 Å². The average molecular weight is 381 g/mol. The van der Waals surface area contributed by atoms with Crippen LogP contribution in [0.25, 0.3) is 0 Å². The van der Waals surface area contributed by atoms with Gasteiger partial charge in [-0.3, -0.25) is 9.36 Å². The zero-order valence-electron chi connectivity index (χ0n) is 16.0. The Bertz CT molecular complexity index is 636. The molecule has 0 radical (unpaired) electrons. The second-order valence-corrected chi connectivity index (χ2v) is 8.12. The molecule has 1 saturated heterocycles. The van der Waals surface area contributed by atoms with Crippen LogP contribution in [0.2, 0.25) is 0 Å². The molecule has 0 aliphatic carbocycles. The van der Waals surface area contributed by atoms with Crippen molar-refractivity contribution in [3.05, 3.63) is 0 Å². The molecule has 9 heteroatoms. The van der Waals surface area contributed by atoms with Crippen LogP contribution < -0.4 is 4.90 Å². The molecule has 0 unspecified atom stereocenters. The van der Waals surface area contributed by atoms with E-state index in [1.165, 1.54) is 11.8 Å². The largest absolute Gasteiger partial charge is 0.378 e. The van der Waals surface area contributed by atoms with Gasteiger partial charge in [-0.25, -0.2) is 0 Å². The number of hydrogen-bond donors (Lipinski definition) is 0. The van der Waals surface area contributed by atoms with Crippen molar-refractivity contribution in [3.8, 4) is 6.07 Å². The van der Waals surface area contributed by atoms with Crippen molar-refractivity contribution in [3.63, 3.8) is 0 Å². The lowest BCUT2D eigenvalue weighted by Crippen LogP contribution is -2.38. The summed E-state index contributed by atoms with van der Waals surface area (Å²) in [6.07, 6.45) is 0.338. The molecule has 2 rings (SSSR count). The molecule has 0 bridgehead atoms. The van der Waals surface area contributed by atoms with Gasteiger partial charge in [-0.15, -0.1) is 10.2 Å². The minimum absolute atomic E-state index is 0.00253. The molecule has 2 heterocycles. The fourth-order valence-electron chi connectivity index (χ4n) is 2.74. The lowest BCUT2D eigenvalue weighted by Gasteiger charge is -2.28. The predicted molar refractivity (Wildman–Crippen MR) is 101 cm³/mol. The van der Waals surface area contributed by atoms with Crippen molar-refractivity contribution in [1.82, 2.24) is 19.7 Å². The number of amides is 1. The number of anilines is 1. The Morgan fingerprint density at radius 2 is 2.04 bits per heavy atom. The zero-order valence-corrected chi connectivity index (χ0v) is 16.8. The van der Waals surface area contributed by atoms with Gasteiger partial charge in [0.15, 0.2) is 5.16 Å². The highest BCUT2D eigenvalue weighted by atomic mass is 32.2. The fraction of sp³-hybridized carbons (Fsp3) is 0.765. The Hall–Kier alpha value is -1.79. The van der Waals surface area contributed by atoms with Crippen LogP contribution in [0.15, 0.2) is 5.16 Å². The van der Waals surface area contributed by atoms with E-state index in [0.717, 1.165) is 30.7 Å². The van der Waals surface area contributed by atoms with Crippen LogP contribution in [0, 0.1) is 17.2 Å². The van der Waals surface area contributed by atoms with Gasteiger partial charge in [-0.2, -0.15) is 5.26 Å². The maximum absolute atomic E-state index is 12.5. The maximum atomic E-state index is 12.5. The summed E-state index contributed by atoms with van der Waals surface area (Å²) in [5.74, 6) is 1.29. The lowest BCUT2D eigenvalue weighted by molar-refractivity contribution is -0.128. The molecule has 1 fully saturated rings. The first kappa shape index (κ1) is 20.5. The third kappa shape index (κ3) is 5.35. The molecule has 26 heavy (non-hydrogen) atoms. The molecule has 1 aliphatic heterocycles. The van der Waals surface area contributed by atoms with E-state index in [0.29, 0.717) is 32.1 Å². The average Bonchev–Trinajstić information content (AvgIpc) is 3.01. The van der Waals surface area contributed by atoms with E-state index < -0.39 is 0 Å². The van der Waals surface area contributed by atoms with Crippen molar-refractivity contribution in [2.24, 2.45) is 5.92 Å². The first-order chi connectivity index (χ1) is 12.4. The summed E-state index contributed by atoms with van der Waals surface area (Å²) in [7, 11) is 1.73.